The molecule has 39 heavy (non-hydrogen) atoms. The first-order valence-corrected chi connectivity index (χ1v) is 13.4. The minimum Gasteiger partial charge on any atom is -0.457 e. The number of benzene rings is 5. The summed E-state index contributed by atoms with van der Waals surface area (Å²) in [6, 6.07) is 36.5. The molecule has 1 atom stereocenters. The van der Waals surface area contributed by atoms with Crippen molar-refractivity contribution >= 4 is 61.5 Å². The van der Waals surface area contributed by atoms with E-state index in [4.69, 9.17) is 37.4 Å². The predicted octanol–water partition coefficient (Wildman–Crippen LogP) is 9.13. The van der Waals surface area contributed by atoms with E-state index in [-0.39, 0.29) is 40.0 Å². The molecule has 4 nitrogen and oxygen atoms in total. The van der Waals surface area contributed by atoms with E-state index < -0.39 is 8.58 Å². The number of rotatable bonds is 9. The van der Waals surface area contributed by atoms with Gasteiger partial charge in [-0.15, -0.1) is 0 Å². The van der Waals surface area contributed by atoms with Crippen molar-refractivity contribution in [2.45, 2.75) is 0 Å². The van der Waals surface area contributed by atoms with E-state index in [1.807, 2.05) is 91.0 Å². The van der Waals surface area contributed by atoms with Crippen molar-refractivity contribution in [2.24, 2.45) is 0 Å². The van der Waals surface area contributed by atoms with Gasteiger partial charge in [-0.3, -0.25) is 4.79 Å². The fraction of sp³-hybridized carbons (Fsp3) is 0. The van der Waals surface area contributed by atoms with Crippen molar-refractivity contribution in [3.05, 3.63) is 137 Å². The normalized spacial score (nSPS) is 10.6. The van der Waals surface area contributed by atoms with Gasteiger partial charge in [0.25, 0.3) is 0 Å². The Bertz CT molecular complexity index is 1470. The molecule has 0 heterocycles. The Balaban J connectivity index is 0.00000353. The molecule has 5 aromatic carbocycles. The molecule has 0 saturated carbocycles. The molecule has 0 N–H and O–H groups in total. The maximum absolute atomic E-state index is 13.5. The van der Waals surface area contributed by atoms with Crippen LogP contribution in [-0.4, -0.2) is 24.4 Å². The van der Waals surface area contributed by atoms with Crippen molar-refractivity contribution in [1.29, 1.82) is 0 Å². The number of hydrogen-bond acceptors (Lipinski definition) is 4. The number of para-hydroxylation sites is 3. The Morgan fingerprint density at radius 1 is 0.538 bits per heavy atom. The summed E-state index contributed by atoms with van der Waals surface area (Å²) in [6.45, 7) is 0. The summed E-state index contributed by atoms with van der Waals surface area (Å²) in [4.78, 5) is 13.5. The summed E-state index contributed by atoms with van der Waals surface area (Å²) in [5, 5.41) is 1.13. The monoisotopic (exact) mass is 565 g/mol. The van der Waals surface area contributed by atoms with Crippen LogP contribution in [0.5, 0.6) is 34.5 Å². The fourth-order valence-electron chi connectivity index (χ4n) is 3.66. The molecule has 0 amide bonds. The zero-order valence-electron chi connectivity index (χ0n) is 20.9. The first-order chi connectivity index (χ1) is 18.6. The standard InChI is InChI=1S/C31H21Cl2O4P.Li/c32-25-17-10-18-26(33)29(25)31(34)38-30-27(36-22-13-6-2-7-14-22)19-24(35-21-11-4-1-5-12-21)20-28(30)37-23-15-8-3-9-16-23;/h1-20,38H;. The van der Waals surface area contributed by atoms with Gasteiger partial charge in [0, 0.05) is 31.0 Å². The van der Waals surface area contributed by atoms with Crippen molar-refractivity contribution in [3.63, 3.8) is 0 Å². The van der Waals surface area contributed by atoms with Crippen LogP contribution in [0.4, 0.5) is 0 Å². The van der Waals surface area contributed by atoms with Crippen LogP contribution in [-0.2, 0) is 0 Å². The summed E-state index contributed by atoms with van der Waals surface area (Å²) in [5.41, 5.74) is 0.0169. The van der Waals surface area contributed by atoms with Gasteiger partial charge in [-0.05, 0) is 57.1 Å². The second-order valence-electron chi connectivity index (χ2n) is 8.09. The molecule has 0 aliphatic carbocycles. The summed E-state index contributed by atoms with van der Waals surface area (Å²) >= 11 is 12.7. The van der Waals surface area contributed by atoms with Gasteiger partial charge >= 0.3 is 0 Å². The van der Waals surface area contributed by atoms with Crippen LogP contribution >= 0.6 is 31.8 Å². The summed E-state index contributed by atoms with van der Waals surface area (Å²) < 4.78 is 18.7. The largest absolute Gasteiger partial charge is 0.457 e. The molecule has 0 spiro atoms. The van der Waals surface area contributed by atoms with Crippen LogP contribution in [0, 0.1) is 0 Å². The average Bonchev–Trinajstić information content (AvgIpc) is 2.92. The van der Waals surface area contributed by atoms with Gasteiger partial charge in [0.2, 0.25) is 0 Å². The first-order valence-electron chi connectivity index (χ1n) is 11.7. The van der Waals surface area contributed by atoms with Gasteiger partial charge in [-0.25, -0.2) is 0 Å². The van der Waals surface area contributed by atoms with E-state index in [2.05, 4.69) is 0 Å². The molecule has 189 valence electrons. The number of halogens is 2. The van der Waals surface area contributed by atoms with E-state index in [1.54, 1.807) is 30.3 Å². The predicted molar refractivity (Wildman–Crippen MR) is 160 cm³/mol. The second kappa shape index (κ2) is 13.7. The zero-order chi connectivity index (χ0) is 26.3. The van der Waals surface area contributed by atoms with E-state index in [0.29, 0.717) is 39.8 Å². The molecule has 0 fully saturated rings. The number of carbonyl (C=O) groups excluding carboxylic acids is 1. The molecular weight excluding hydrogens is 545 g/mol. The van der Waals surface area contributed by atoms with E-state index >= 15 is 0 Å². The third-order valence-electron chi connectivity index (χ3n) is 5.39. The summed E-state index contributed by atoms with van der Waals surface area (Å²) in [6.07, 6.45) is 0. The molecule has 0 aliphatic heterocycles. The minimum atomic E-state index is -0.400. The smallest absolute Gasteiger partial charge is 0.188 e. The zero-order valence-corrected chi connectivity index (χ0v) is 23.4. The molecule has 0 aliphatic rings. The quantitative estimate of drug-likeness (QED) is 0.132. The Hall–Kier alpha value is -3.22. The Labute approximate surface area is 250 Å². The number of carbonyl (C=O) groups is 1. The van der Waals surface area contributed by atoms with E-state index in [1.165, 1.54) is 0 Å². The molecule has 5 rings (SSSR count). The average molecular weight is 566 g/mol. The molecular formula is C31H21Cl2LiO4P. The topological polar surface area (TPSA) is 44.8 Å². The van der Waals surface area contributed by atoms with Gasteiger partial charge in [0.05, 0.1) is 20.9 Å². The van der Waals surface area contributed by atoms with Crippen LogP contribution < -0.4 is 19.5 Å². The third kappa shape index (κ3) is 7.46. The molecule has 5 aromatic rings. The van der Waals surface area contributed by atoms with Crippen LogP contribution in [0.3, 0.4) is 0 Å². The van der Waals surface area contributed by atoms with Gasteiger partial charge in [0.15, 0.2) is 5.52 Å². The minimum absolute atomic E-state index is 0. The molecule has 1 unspecified atom stereocenters. The van der Waals surface area contributed by atoms with Crippen LogP contribution in [0.2, 0.25) is 10.0 Å². The maximum atomic E-state index is 13.5. The molecule has 8 heteroatoms. The van der Waals surface area contributed by atoms with E-state index in [9.17, 15) is 4.79 Å². The van der Waals surface area contributed by atoms with Crippen molar-refractivity contribution in [1.82, 2.24) is 0 Å². The van der Waals surface area contributed by atoms with Crippen molar-refractivity contribution < 1.29 is 19.0 Å². The molecule has 0 saturated heterocycles. The molecule has 0 aromatic heterocycles. The first kappa shape index (κ1) is 28.8. The van der Waals surface area contributed by atoms with Crippen LogP contribution in [0.25, 0.3) is 0 Å². The van der Waals surface area contributed by atoms with Crippen molar-refractivity contribution in [3.8, 4) is 34.5 Å². The Morgan fingerprint density at radius 2 is 0.949 bits per heavy atom. The van der Waals surface area contributed by atoms with Gasteiger partial charge in [0.1, 0.15) is 34.5 Å². The summed E-state index contributed by atoms with van der Waals surface area (Å²) in [7, 11) is -0.400. The van der Waals surface area contributed by atoms with Gasteiger partial charge < -0.3 is 14.2 Å². The van der Waals surface area contributed by atoms with E-state index in [0.717, 1.165) is 0 Å². The van der Waals surface area contributed by atoms with Crippen LogP contribution in [0.15, 0.2) is 121 Å². The van der Waals surface area contributed by atoms with Gasteiger partial charge in [-0.1, -0.05) is 83.9 Å². The SMILES string of the molecule is O=C(Pc1c(Oc2ccccc2)cc(Oc2ccccc2)cc1Oc1ccccc1)c1c(Cl)cccc1Cl.[Li]. The second-order valence-corrected chi connectivity index (χ2v) is 10.1. The number of hydrogen-bond donors (Lipinski definition) is 0. The number of ether oxygens (including phenoxy) is 3. The summed E-state index contributed by atoms with van der Waals surface area (Å²) in [5.74, 6) is 3.19. The van der Waals surface area contributed by atoms with Crippen molar-refractivity contribution in [2.75, 3.05) is 0 Å². The maximum Gasteiger partial charge on any atom is 0.188 e. The Morgan fingerprint density at radius 3 is 1.38 bits per heavy atom. The Kier molecular flexibility index (Phi) is 10.1. The molecule has 1 radical (unpaired) electrons. The molecule has 0 bridgehead atoms. The van der Waals surface area contributed by atoms with Gasteiger partial charge in [-0.2, -0.15) is 0 Å². The van der Waals surface area contributed by atoms with Crippen LogP contribution in [0.1, 0.15) is 10.4 Å². The fourth-order valence-corrected chi connectivity index (χ4v) is 5.50. The third-order valence-corrected chi connectivity index (χ3v) is 7.24.